The second-order valence-corrected chi connectivity index (χ2v) is 4.27. The van der Waals surface area contributed by atoms with Crippen molar-refractivity contribution in [1.29, 1.82) is 0 Å². The van der Waals surface area contributed by atoms with E-state index < -0.39 is 0 Å². The van der Waals surface area contributed by atoms with Crippen LogP contribution in [0, 0.1) is 0 Å². The number of aromatic nitrogens is 2. The van der Waals surface area contributed by atoms with Gasteiger partial charge >= 0.3 is 0 Å². The monoisotopic (exact) mass is 293 g/mol. The van der Waals surface area contributed by atoms with Crippen LogP contribution >= 0.6 is 15.9 Å². The number of aryl methyl sites for hydroxylation is 1. The van der Waals surface area contributed by atoms with E-state index in [0.29, 0.717) is 16.2 Å². The summed E-state index contributed by atoms with van der Waals surface area (Å²) in [5.74, 6) is 1.52. The normalized spacial score (nSPS) is 10.2. The van der Waals surface area contributed by atoms with E-state index in [9.17, 15) is 0 Å². The molecule has 5 heteroatoms. The molecule has 0 saturated carbocycles. The van der Waals surface area contributed by atoms with Crippen LogP contribution < -0.4 is 10.5 Å². The summed E-state index contributed by atoms with van der Waals surface area (Å²) in [7, 11) is 0. The summed E-state index contributed by atoms with van der Waals surface area (Å²) in [6.45, 7) is 2.09. The number of rotatable bonds is 3. The first-order valence-electron chi connectivity index (χ1n) is 5.23. The van der Waals surface area contributed by atoms with Gasteiger partial charge in [-0.1, -0.05) is 19.1 Å². The van der Waals surface area contributed by atoms with Crippen LogP contribution in [0.25, 0.3) is 0 Å². The maximum Gasteiger partial charge on any atom is 0.238 e. The highest BCUT2D eigenvalue weighted by Gasteiger charge is 2.08. The van der Waals surface area contributed by atoms with Gasteiger partial charge in [-0.05, 0) is 40.0 Å². The van der Waals surface area contributed by atoms with Crippen LogP contribution in [-0.4, -0.2) is 9.97 Å². The van der Waals surface area contributed by atoms with Crippen molar-refractivity contribution in [1.82, 2.24) is 9.97 Å². The van der Waals surface area contributed by atoms with Crippen molar-refractivity contribution in [3.8, 4) is 11.6 Å². The van der Waals surface area contributed by atoms with Gasteiger partial charge in [0.25, 0.3) is 0 Å². The zero-order valence-corrected chi connectivity index (χ0v) is 10.9. The second-order valence-electron chi connectivity index (χ2n) is 3.48. The highest BCUT2D eigenvalue weighted by molar-refractivity contribution is 9.10. The molecule has 0 bridgehead atoms. The standard InChI is InChI=1S/C12H12BrN3O/c1-2-8-4-3-5-9(6-8)17-12-10(13)11(14)15-7-16-12/h3-7H,2H2,1H3,(H2,14,15,16). The summed E-state index contributed by atoms with van der Waals surface area (Å²) >= 11 is 3.30. The summed E-state index contributed by atoms with van der Waals surface area (Å²) in [4.78, 5) is 7.88. The van der Waals surface area contributed by atoms with Gasteiger partial charge < -0.3 is 10.5 Å². The molecule has 4 nitrogen and oxygen atoms in total. The lowest BCUT2D eigenvalue weighted by molar-refractivity contribution is 0.458. The molecule has 1 aromatic heterocycles. The quantitative estimate of drug-likeness (QED) is 0.944. The average molecular weight is 294 g/mol. The fourth-order valence-electron chi connectivity index (χ4n) is 1.38. The lowest BCUT2D eigenvalue weighted by Crippen LogP contribution is -1.96. The van der Waals surface area contributed by atoms with Crippen LogP contribution in [-0.2, 0) is 6.42 Å². The maximum atomic E-state index is 5.65. The Balaban J connectivity index is 2.28. The van der Waals surface area contributed by atoms with E-state index in [1.54, 1.807) is 0 Å². The zero-order valence-electron chi connectivity index (χ0n) is 9.35. The third-order valence-corrected chi connectivity index (χ3v) is 3.05. The number of nitrogens with two attached hydrogens (primary N) is 1. The van der Waals surface area contributed by atoms with Crippen LogP contribution in [0.15, 0.2) is 35.1 Å². The van der Waals surface area contributed by atoms with Gasteiger partial charge in [-0.15, -0.1) is 0 Å². The lowest BCUT2D eigenvalue weighted by Gasteiger charge is -2.08. The molecule has 0 unspecified atom stereocenters. The Labute approximate surface area is 108 Å². The Bertz CT molecular complexity index is 531. The van der Waals surface area contributed by atoms with E-state index in [4.69, 9.17) is 10.5 Å². The molecule has 2 N–H and O–H groups in total. The largest absolute Gasteiger partial charge is 0.438 e. The Kier molecular flexibility index (Phi) is 3.58. The van der Waals surface area contributed by atoms with Gasteiger partial charge in [0, 0.05) is 0 Å². The summed E-state index contributed by atoms with van der Waals surface area (Å²) in [6, 6.07) is 7.86. The highest BCUT2D eigenvalue weighted by Crippen LogP contribution is 2.30. The third kappa shape index (κ3) is 2.74. The number of nitrogen functional groups attached to an aromatic ring is 1. The first kappa shape index (κ1) is 11.9. The van der Waals surface area contributed by atoms with Gasteiger partial charge in [-0.2, -0.15) is 0 Å². The molecule has 0 aliphatic carbocycles. The van der Waals surface area contributed by atoms with Crippen LogP contribution in [0.4, 0.5) is 5.82 Å². The minimum Gasteiger partial charge on any atom is -0.438 e. The van der Waals surface area contributed by atoms with Gasteiger partial charge in [-0.25, -0.2) is 9.97 Å². The number of nitrogens with zero attached hydrogens (tertiary/aromatic N) is 2. The van der Waals surface area contributed by atoms with E-state index in [1.807, 2.05) is 18.2 Å². The lowest BCUT2D eigenvalue weighted by atomic mass is 10.2. The van der Waals surface area contributed by atoms with Crippen molar-refractivity contribution in [2.45, 2.75) is 13.3 Å². The smallest absolute Gasteiger partial charge is 0.238 e. The highest BCUT2D eigenvalue weighted by atomic mass is 79.9. The van der Waals surface area contributed by atoms with Crippen LogP contribution in [0.3, 0.4) is 0 Å². The minimum absolute atomic E-state index is 0.363. The first-order chi connectivity index (χ1) is 8.20. The topological polar surface area (TPSA) is 61.0 Å². The first-order valence-corrected chi connectivity index (χ1v) is 6.02. The molecule has 0 saturated heterocycles. The van der Waals surface area contributed by atoms with Crippen molar-refractivity contribution in [3.05, 3.63) is 40.6 Å². The van der Waals surface area contributed by atoms with Gasteiger partial charge in [0.1, 0.15) is 22.4 Å². The Morgan fingerprint density at radius 3 is 2.94 bits per heavy atom. The molecule has 2 aromatic rings. The van der Waals surface area contributed by atoms with E-state index >= 15 is 0 Å². The van der Waals surface area contributed by atoms with Gasteiger partial charge in [0.15, 0.2) is 0 Å². The predicted octanol–water partition coefficient (Wildman–Crippen LogP) is 3.18. The summed E-state index contributed by atoms with van der Waals surface area (Å²) in [6.07, 6.45) is 2.34. The summed E-state index contributed by atoms with van der Waals surface area (Å²) in [5, 5.41) is 0. The molecule has 1 heterocycles. The van der Waals surface area contributed by atoms with Crippen molar-refractivity contribution >= 4 is 21.7 Å². The third-order valence-electron chi connectivity index (χ3n) is 2.31. The van der Waals surface area contributed by atoms with Crippen LogP contribution in [0.5, 0.6) is 11.6 Å². The van der Waals surface area contributed by atoms with E-state index in [0.717, 1.165) is 12.2 Å². The Morgan fingerprint density at radius 2 is 2.18 bits per heavy atom. The Morgan fingerprint density at radius 1 is 1.35 bits per heavy atom. The number of hydrogen-bond acceptors (Lipinski definition) is 4. The number of halogens is 1. The predicted molar refractivity (Wildman–Crippen MR) is 70.0 cm³/mol. The number of hydrogen-bond donors (Lipinski definition) is 1. The maximum absolute atomic E-state index is 5.65. The molecule has 17 heavy (non-hydrogen) atoms. The van der Waals surface area contributed by atoms with Crippen molar-refractivity contribution < 1.29 is 4.74 Å². The molecule has 88 valence electrons. The molecular formula is C12H12BrN3O. The fourth-order valence-corrected chi connectivity index (χ4v) is 1.66. The molecule has 0 atom stereocenters. The van der Waals surface area contributed by atoms with Crippen molar-refractivity contribution in [2.75, 3.05) is 5.73 Å². The molecule has 1 aromatic carbocycles. The van der Waals surface area contributed by atoms with E-state index in [-0.39, 0.29) is 0 Å². The number of benzene rings is 1. The zero-order chi connectivity index (χ0) is 12.3. The molecular weight excluding hydrogens is 282 g/mol. The molecule has 0 aliphatic heterocycles. The SMILES string of the molecule is CCc1cccc(Oc2ncnc(N)c2Br)c1. The molecule has 0 aliphatic rings. The van der Waals surface area contributed by atoms with Gasteiger partial charge in [0.05, 0.1) is 0 Å². The van der Waals surface area contributed by atoms with Crippen molar-refractivity contribution in [2.24, 2.45) is 0 Å². The average Bonchev–Trinajstić information content (AvgIpc) is 2.35. The fraction of sp³-hybridized carbons (Fsp3) is 0.167. The van der Waals surface area contributed by atoms with Gasteiger partial charge in [0.2, 0.25) is 5.88 Å². The van der Waals surface area contributed by atoms with Crippen LogP contribution in [0.2, 0.25) is 0 Å². The minimum atomic E-state index is 0.363. The Hall–Kier alpha value is -1.62. The second kappa shape index (κ2) is 5.14. The number of ether oxygens (including phenoxy) is 1. The van der Waals surface area contributed by atoms with Gasteiger partial charge in [-0.3, -0.25) is 0 Å². The molecule has 0 spiro atoms. The van der Waals surface area contributed by atoms with Crippen LogP contribution in [0.1, 0.15) is 12.5 Å². The molecule has 0 fully saturated rings. The summed E-state index contributed by atoms with van der Waals surface area (Å²) in [5.41, 5.74) is 6.86. The van der Waals surface area contributed by atoms with E-state index in [2.05, 4.69) is 38.9 Å². The van der Waals surface area contributed by atoms with E-state index in [1.165, 1.54) is 11.9 Å². The molecule has 0 amide bonds. The number of anilines is 1. The molecule has 0 radical (unpaired) electrons. The van der Waals surface area contributed by atoms with Crippen molar-refractivity contribution in [3.63, 3.8) is 0 Å². The molecule has 2 rings (SSSR count). The summed E-state index contributed by atoms with van der Waals surface area (Å²) < 4.78 is 6.23.